The number of hydrogen-bond donors (Lipinski definition) is 0. The van der Waals surface area contributed by atoms with Gasteiger partial charge < -0.3 is 0 Å². The summed E-state index contributed by atoms with van der Waals surface area (Å²) in [7, 11) is 0. The first-order valence-electron chi connectivity index (χ1n) is 3.84. The molecule has 0 nitrogen and oxygen atoms in total. The van der Waals surface area contributed by atoms with Crippen LogP contribution in [0.5, 0.6) is 0 Å². The van der Waals surface area contributed by atoms with E-state index in [0.717, 1.165) is 6.92 Å². The summed E-state index contributed by atoms with van der Waals surface area (Å²) in [5, 5.41) is 0. The first-order chi connectivity index (χ1) is 6.02. The Morgan fingerprint density at radius 2 is 1.14 bits per heavy atom. The second-order valence-electron chi connectivity index (χ2n) is 2.88. The predicted octanol–water partition coefficient (Wildman–Crippen LogP) is 4.01. The molecule has 0 N–H and O–H groups in total. The average Bonchev–Trinajstić information content (AvgIpc) is 1.99. The van der Waals surface area contributed by atoms with Gasteiger partial charge in [-0.2, -0.15) is 30.7 Å². The van der Waals surface area contributed by atoms with Crippen LogP contribution in [-0.4, -0.2) is 18.0 Å². The van der Waals surface area contributed by atoms with Crippen LogP contribution in [0.2, 0.25) is 0 Å². The van der Waals surface area contributed by atoms with Crippen molar-refractivity contribution in [1.29, 1.82) is 0 Å². The molecule has 0 spiro atoms. The highest BCUT2D eigenvalue weighted by atomic mass is 19.4. The Bertz CT molecular complexity index is 181. The summed E-state index contributed by atoms with van der Waals surface area (Å²) < 4.78 is 84.2. The molecule has 0 aromatic carbocycles. The highest BCUT2D eigenvalue weighted by Crippen LogP contribution is 2.41. The maximum absolute atomic E-state index is 12.5. The van der Waals surface area contributed by atoms with Crippen molar-refractivity contribution in [2.45, 2.75) is 44.2 Å². The van der Waals surface area contributed by atoms with Crippen LogP contribution in [0.1, 0.15) is 26.2 Å². The van der Waals surface area contributed by atoms with Gasteiger partial charge in [0, 0.05) is 19.3 Å². The summed E-state index contributed by atoms with van der Waals surface area (Å²) in [4.78, 5) is 0. The zero-order valence-electron chi connectivity index (χ0n) is 7.27. The van der Waals surface area contributed by atoms with E-state index in [1.807, 2.05) is 0 Å². The Morgan fingerprint density at radius 1 is 0.714 bits per heavy atom. The van der Waals surface area contributed by atoms with Crippen LogP contribution in [0.4, 0.5) is 30.7 Å². The summed E-state index contributed by atoms with van der Waals surface area (Å²) >= 11 is 0. The second-order valence-corrected chi connectivity index (χ2v) is 2.88. The first kappa shape index (κ1) is 13.5. The fraction of sp³-hybridized carbons (Fsp3) is 1.00. The molecule has 0 unspecified atom stereocenters. The standard InChI is InChI=1S/C7H9F7/c1-2-5(8,9)6(10,11)3-4-7(12,13)14/h2-4H2,1H3. The van der Waals surface area contributed by atoms with E-state index in [2.05, 4.69) is 0 Å². The summed E-state index contributed by atoms with van der Waals surface area (Å²) in [5.41, 5.74) is 0. The van der Waals surface area contributed by atoms with Gasteiger partial charge in [0.1, 0.15) is 0 Å². The van der Waals surface area contributed by atoms with Gasteiger partial charge in [0.15, 0.2) is 0 Å². The summed E-state index contributed by atoms with van der Waals surface area (Å²) in [5.74, 6) is -8.98. The molecule has 0 aliphatic rings. The molecule has 0 rings (SSSR count). The van der Waals surface area contributed by atoms with Gasteiger partial charge in [0.2, 0.25) is 0 Å². The fourth-order valence-corrected chi connectivity index (χ4v) is 0.740. The quantitative estimate of drug-likeness (QED) is 0.635. The van der Waals surface area contributed by atoms with Gasteiger partial charge in [-0.15, -0.1) is 0 Å². The largest absolute Gasteiger partial charge is 0.389 e. The molecule has 0 amide bonds. The summed E-state index contributed by atoms with van der Waals surface area (Å²) in [6, 6.07) is 0. The maximum Gasteiger partial charge on any atom is 0.389 e. The molecule has 0 heterocycles. The maximum atomic E-state index is 12.5. The van der Waals surface area contributed by atoms with E-state index in [-0.39, 0.29) is 0 Å². The topological polar surface area (TPSA) is 0 Å². The van der Waals surface area contributed by atoms with Gasteiger partial charge in [-0.05, 0) is 0 Å². The Kier molecular flexibility index (Phi) is 3.80. The van der Waals surface area contributed by atoms with E-state index in [4.69, 9.17) is 0 Å². The molecule has 0 aliphatic heterocycles. The zero-order valence-corrected chi connectivity index (χ0v) is 7.27. The average molecular weight is 226 g/mol. The van der Waals surface area contributed by atoms with Crippen LogP contribution >= 0.6 is 0 Å². The molecular weight excluding hydrogens is 217 g/mol. The van der Waals surface area contributed by atoms with Gasteiger partial charge in [-0.3, -0.25) is 0 Å². The minimum absolute atomic E-state index is 0.793. The Hall–Kier alpha value is -0.490. The van der Waals surface area contributed by atoms with E-state index in [1.54, 1.807) is 0 Å². The van der Waals surface area contributed by atoms with Crippen LogP contribution in [0.15, 0.2) is 0 Å². The van der Waals surface area contributed by atoms with E-state index >= 15 is 0 Å². The van der Waals surface area contributed by atoms with Crippen LogP contribution in [-0.2, 0) is 0 Å². The molecule has 0 aromatic heterocycles. The molecule has 0 saturated carbocycles. The molecule has 0 radical (unpaired) electrons. The molecule has 0 atom stereocenters. The minimum atomic E-state index is -4.84. The molecule has 0 bridgehead atoms. The summed E-state index contributed by atoms with van der Waals surface area (Å²) in [6.45, 7) is 0.793. The molecule has 86 valence electrons. The highest BCUT2D eigenvalue weighted by molar-refractivity contribution is 4.84. The van der Waals surface area contributed by atoms with Crippen molar-refractivity contribution < 1.29 is 30.7 Å². The van der Waals surface area contributed by atoms with E-state index in [9.17, 15) is 30.7 Å². The van der Waals surface area contributed by atoms with E-state index in [1.165, 1.54) is 0 Å². The lowest BCUT2D eigenvalue weighted by Gasteiger charge is -2.25. The van der Waals surface area contributed by atoms with Crippen molar-refractivity contribution in [3.8, 4) is 0 Å². The van der Waals surface area contributed by atoms with Crippen molar-refractivity contribution in [2.75, 3.05) is 0 Å². The lowest BCUT2D eigenvalue weighted by Crippen LogP contribution is -2.40. The van der Waals surface area contributed by atoms with Crippen LogP contribution in [0.25, 0.3) is 0 Å². The number of rotatable bonds is 4. The third kappa shape index (κ3) is 3.71. The number of alkyl halides is 7. The molecule has 0 aromatic rings. The van der Waals surface area contributed by atoms with Crippen LogP contribution in [0.3, 0.4) is 0 Å². The van der Waals surface area contributed by atoms with Gasteiger partial charge in [-0.25, -0.2) is 0 Å². The normalized spacial score (nSPS) is 14.6. The predicted molar refractivity (Wildman–Crippen MR) is 35.5 cm³/mol. The van der Waals surface area contributed by atoms with Gasteiger partial charge in [0.05, 0.1) is 0 Å². The number of halogens is 7. The van der Waals surface area contributed by atoms with Crippen molar-refractivity contribution in [3.05, 3.63) is 0 Å². The van der Waals surface area contributed by atoms with Crippen LogP contribution < -0.4 is 0 Å². The third-order valence-corrected chi connectivity index (χ3v) is 1.70. The van der Waals surface area contributed by atoms with E-state index in [0.29, 0.717) is 0 Å². The fourth-order valence-electron chi connectivity index (χ4n) is 0.740. The lowest BCUT2D eigenvalue weighted by atomic mass is 10.0. The van der Waals surface area contributed by atoms with Gasteiger partial charge >= 0.3 is 18.0 Å². The third-order valence-electron chi connectivity index (χ3n) is 1.70. The van der Waals surface area contributed by atoms with Crippen LogP contribution in [0, 0.1) is 0 Å². The van der Waals surface area contributed by atoms with Crippen molar-refractivity contribution >= 4 is 0 Å². The lowest BCUT2D eigenvalue weighted by molar-refractivity contribution is -0.228. The Morgan fingerprint density at radius 3 is 1.43 bits per heavy atom. The molecule has 0 fully saturated rings. The molecule has 0 aliphatic carbocycles. The SMILES string of the molecule is CCC(F)(F)C(F)(F)CCC(F)(F)F. The Balaban J connectivity index is 4.35. The van der Waals surface area contributed by atoms with Crippen molar-refractivity contribution in [1.82, 2.24) is 0 Å². The first-order valence-corrected chi connectivity index (χ1v) is 3.84. The van der Waals surface area contributed by atoms with E-state index < -0.39 is 37.3 Å². The van der Waals surface area contributed by atoms with Crippen molar-refractivity contribution in [3.63, 3.8) is 0 Å². The smallest absolute Gasteiger partial charge is 0.200 e. The Labute approximate surface area is 76.1 Å². The molecule has 0 saturated heterocycles. The number of hydrogen-bond acceptors (Lipinski definition) is 0. The van der Waals surface area contributed by atoms with Gasteiger partial charge in [0.25, 0.3) is 0 Å². The van der Waals surface area contributed by atoms with Gasteiger partial charge in [-0.1, -0.05) is 6.92 Å². The molecular formula is C7H9F7. The van der Waals surface area contributed by atoms with Crippen molar-refractivity contribution in [2.24, 2.45) is 0 Å². The molecule has 7 heteroatoms. The highest BCUT2D eigenvalue weighted by Gasteiger charge is 2.55. The second kappa shape index (κ2) is 3.94. The minimum Gasteiger partial charge on any atom is -0.200 e. The zero-order chi connectivity index (χ0) is 11.6. The monoisotopic (exact) mass is 226 g/mol. The summed E-state index contributed by atoms with van der Waals surface area (Å²) in [6.07, 6.45) is -9.81. The molecule has 14 heavy (non-hydrogen) atoms.